The molecule has 0 unspecified atom stereocenters. The normalized spacial score (nSPS) is 14.5. The van der Waals surface area contributed by atoms with E-state index >= 15 is 0 Å². The van der Waals surface area contributed by atoms with Gasteiger partial charge in [-0.1, -0.05) is 6.07 Å². The minimum atomic E-state index is -0.752. The quantitative estimate of drug-likeness (QED) is 0.838. The molecule has 4 nitrogen and oxygen atoms in total. The molecule has 2 N–H and O–H groups in total. The summed E-state index contributed by atoms with van der Waals surface area (Å²) in [5, 5.41) is 18.1. The maximum Gasteiger partial charge on any atom is 0.303 e. The highest BCUT2D eigenvalue weighted by atomic mass is 16.4. The molecule has 1 aliphatic heterocycles. The highest BCUT2D eigenvalue weighted by Crippen LogP contribution is 2.30. The zero-order valence-electron chi connectivity index (χ0n) is 9.72. The van der Waals surface area contributed by atoms with Crippen molar-refractivity contribution in [2.24, 2.45) is 0 Å². The Morgan fingerprint density at radius 3 is 3.00 bits per heavy atom. The second-order valence-electron chi connectivity index (χ2n) is 4.40. The summed E-state index contributed by atoms with van der Waals surface area (Å²) in [4.78, 5) is 12.7. The second kappa shape index (κ2) is 5.08. The molecule has 0 radical (unpaired) electrons. The molecule has 0 bridgehead atoms. The predicted molar refractivity (Wildman–Crippen MR) is 65.5 cm³/mol. The number of phenols is 1. The molecule has 92 valence electrons. The SMILES string of the molecule is O=C(O)CCCN1CCCc2ccc(O)cc21. The topological polar surface area (TPSA) is 60.8 Å². The summed E-state index contributed by atoms with van der Waals surface area (Å²) in [5.74, 6) is -0.480. The summed E-state index contributed by atoms with van der Waals surface area (Å²) >= 11 is 0. The first-order valence-corrected chi connectivity index (χ1v) is 5.95. The molecule has 0 saturated heterocycles. The van der Waals surface area contributed by atoms with E-state index < -0.39 is 5.97 Å². The highest BCUT2D eigenvalue weighted by molar-refractivity contribution is 5.66. The molecule has 1 aromatic rings. The van der Waals surface area contributed by atoms with Crippen molar-refractivity contribution >= 4 is 11.7 Å². The fourth-order valence-electron chi connectivity index (χ4n) is 2.29. The van der Waals surface area contributed by atoms with E-state index in [0.29, 0.717) is 6.42 Å². The number of fused-ring (bicyclic) bond motifs is 1. The molecule has 0 amide bonds. The summed E-state index contributed by atoms with van der Waals surface area (Å²) in [6.45, 7) is 1.68. The molecule has 0 spiro atoms. The van der Waals surface area contributed by atoms with Gasteiger partial charge in [0, 0.05) is 31.3 Å². The van der Waals surface area contributed by atoms with Gasteiger partial charge in [0.15, 0.2) is 0 Å². The molecule has 1 heterocycles. The molecule has 2 rings (SSSR count). The summed E-state index contributed by atoms with van der Waals surface area (Å²) in [6, 6.07) is 5.43. The lowest BCUT2D eigenvalue weighted by Crippen LogP contribution is -2.30. The number of aromatic hydroxyl groups is 1. The smallest absolute Gasteiger partial charge is 0.303 e. The van der Waals surface area contributed by atoms with Gasteiger partial charge in [-0.15, -0.1) is 0 Å². The predicted octanol–water partition coefficient (Wildman–Crippen LogP) is 2.01. The number of anilines is 1. The number of hydrogen-bond acceptors (Lipinski definition) is 3. The Bertz CT molecular complexity index is 417. The zero-order chi connectivity index (χ0) is 12.3. The van der Waals surface area contributed by atoms with Gasteiger partial charge in [-0.3, -0.25) is 4.79 Å². The molecule has 0 saturated carbocycles. The number of phenolic OH excluding ortho intramolecular Hbond substituents is 1. The Kier molecular flexibility index (Phi) is 3.52. The zero-order valence-corrected chi connectivity index (χ0v) is 9.72. The molecule has 17 heavy (non-hydrogen) atoms. The number of benzene rings is 1. The van der Waals surface area contributed by atoms with Crippen molar-refractivity contribution in [3.05, 3.63) is 23.8 Å². The average Bonchev–Trinajstić information content (AvgIpc) is 2.29. The van der Waals surface area contributed by atoms with Crippen molar-refractivity contribution in [3.63, 3.8) is 0 Å². The molecule has 1 aromatic carbocycles. The van der Waals surface area contributed by atoms with E-state index in [1.807, 2.05) is 6.07 Å². The van der Waals surface area contributed by atoms with Crippen LogP contribution in [0.5, 0.6) is 5.75 Å². The number of rotatable bonds is 4. The Labute approximate surface area is 100 Å². The van der Waals surface area contributed by atoms with Crippen molar-refractivity contribution in [2.75, 3.05) is 18.0 Å². The first kappa shape index (κ1) is 11.8. The maximum absolute atomic E-state index is 10.5. The number of nitrogens with zero attached hydrogens (tertiary/aromatic N) is 1. The van der Waals surface area contributed by atoms with Gasteiger partial charge in [-0.2, -0.15) is 0 Å². The van der Waals surface area contributed by atoms with Crippen LogP contribution in [-0.2, 0) is 11.2 Å². The summed E-state index contributed by atoms with van der Waals surface area (Å²) in [7, 11) is 0. The van der Waals surface area contributed by atoms with Crippen molar-refractivity contribution in [3.8, 4) is 5.75 Å². The van der Waals surface area contributed by atoms with Crippen LogP contribution >= 0.6 is 0 Å². The van der Waals surface area contributed by atoms with Crippen LogP contribution in [0.15, 0.2) is 18.2 Å². The van der Waals surface area contributed by atoms with E-state index in [1.165, 1.54) is 5.56 Å². The van der Waals surface area contributed by atoms with Gasteiger partial charge in [0.1, 0.15) is 5.75 Å². The summed E-state index contributed by atoms with van der Waals surface area (Å²) < 4.78 is 0. The number of carboxylic acids is 1. The lowest BCUT2D eigenvalue weighted by Gasteiger charge is -2.31. The van der Waals surface area contributed by atoms with Crippen LogP contribution in [0.25, 0.3) is 0 Å². The van der Waals surface area contributed by atoms with E-state index in [2.05, 4.69) is 4.90 Å². The number of aliphatic carboxylic acids is 1. The van der Waals surface area contributed by atoms with Gasteiger partial charge in [-0.05, 0) is 30.9 Å². The van der Waals surface area contributed by atoms with Gasteiger partial charge in [0.25, 0.3) is 0 Å². The third-order valence-corrected chi connectivity index (χ3v) is 3.10. The number of aryl methyl sites for hydroxylation is 1. The average molecular weight is 235 g/mol. The fraction of sp³-hybridized carbons (Fsp3) is 0.462. The van der Waals surface area contributed by atoms with E-state index in [4.69, 9.17) is 5.11 Å². The highest BCUT2D eigenvalue weighted by Gasteiger charge is 2.17. The van der Waals surface area contributed by atoms with Crippen LogP contribution in [0, 0.1) is 0 Å². The molecule has 1 aliphatic rings. The van der Waals surface area contributed by atoms with Gasteiger partial charge in [0.2, 0.25) is 0 Å². The third kappa shape index (κ3) is 2.90. The van der Waals surface area contributed by atoms with Gasteiger partial charge < -0.3 is 15.1 Å². The van der Waals surface area contributed by atoms with Crippen molar-refractivity contribution in [2.45, 2.75) is 25.7 Å². The molecule has 0 aliphatic carbocycles. The van der Waals surface area contributed by atoms with Crippen LogP contribution in [-0.4, -0.2) is 29.3 Å². The molecule has 0 fully saturated rings. The lowest BCUT2D eigenvalue weighted by atomic mass is 10.0. The number of hydrogen-bond donors (Lipinski definition) is 2. The van der Waals surface area contributed by atoms with Crippen molar-refractivity contribution < 1.29 is 15.0 Å². The molecule has 4 heteroatoms. The van der Waals surface area contributed by atoms with Crippen LogP contribution in [0.1, 0.15) is 24.8 Å². The van der Waals surface area contributed by atoms with Crippen LogP contribution in [0.2, 0.25) is 0 Å². The molecule has 0 aromatic heterocycles. The van der Waals surface area contributed by atoms with Crippen molar-refractivity contribution in [1.82, 2.24) is 0 Å². The fourth-order valence-corrected chi connectivity index (χ4v) is 2.29. The number of carbonyl (C=O) groups is 1. The Balaban J connectivity index is 2.05. The lowest BCUT2D eigenvalue weighted by molar-refractivity contribution is -0.137. The van der Waals surface area contributed by atoms with E-state index in [-0.39, 0.29) is 12.2 Å². The number of carboxylic acid groups (broad SMARTS) is 1. The third-order valence-electron chi connectivity index (χ3n) is 3.10. The van der Waals surface area contributed by atoms with E-state index in [0.717, 1.165) is 31.6 Å². The summed E-state index contributed by atoms with van der Waals surface area (Å²) in [6.07, 6.45) is 2.96. The first-order chi connectivity index (χ1) is 8.16. The second-order valence-corrected chi connectivity index (χ2v) is 4.40. The van der Waals surface area contributed by atoms with Crippen LogP contribution in [0.4, 0.5) is 5.69 Å². The van der Waals surface area contributed by atoms with Crippen LogP contribution in [0.3, 0.4) is 0 Å². The van der Waals surface area contributed by atoms with Gasteiger partial charge >= 0.3 is 5.97 Å². The monoisotopic (exact) mass is 235 g/mol. The first-order valence-electron chi connectivity index (χ1n) is 5.95. The van der Waals surface area contributed by atoms with Gasteiger partial charge in [-0.25, -0.2) is 0 Å². The molecule has 0 atom stereocenters. The minimum Gasteiger partial charge on any atom is -0.508 e. The van der Waals surface area contributed by atoms with E-state index in [9.17, 15) is 9.90 Å². The van der Waals surface area contributed by atoms with Crippen LogP contribution < -0.4 is 4.90 Å². The standard InChI is InChI=1S/C13H17NO3/c15-11-6-5-10-3-1-7-14(12(10)9-11)8-2-4-13(16)17/h5-6,9,15H,1-4,7-8H2,(H,16,17). The largest absolute Gasteiger partial charge is 0.508 e. The Hall–Kier alpha value is -1.71. The Morgan fingerprint density at radius 2 is 2.24 bits per heavy atom. The maximum atomic E-state index is 10.5. The van der Waals surface area contributed by atoms with Gasteiger partial charge in [0.05, 0.1) is 0 Å². The van der Waals surface area contributed by atoms with E-state index in [1.54, 1.807) is 12.1 Å². The molecular formula is C13H17NO3. The summed E-state index contributed by atoms with van der Waals surface area (Å²) in [5.41, 5.74) is 2.30. The van der Waals surface area contributed by atoms with Crippen molar-refractivity contribution in [1.29, 1.82) is 0 Å². The minimum absolute atomic E-state index is 0.199. The Morgan fingerprint density at radius 1 is 1.41 bits per heavy atom. The molecular weight excluding hydrogens is 218 g/mol.